The van der Waals surface area contributed by atoms with Crippen molar-refractivity contribution in [3.8, 4) is 23.3 Å². The van der Waals surface area contributed by atoms with Gasteiger partial charge >= 0.3 is 0 Å². The van der Waals surface area contributed by atoms with E-state index in [1.54, 1.807) is 32.4 Å². The van der Waals surface area contributed by atoms with E-state index in [0.717, 1.165) is 16.9 Å². The Balaban J connectivity index is 1.67. The summed E-state index contributed by atoms with van der Waals surface area (Å²) >= 11 is 0. The zero-order chi connectivity index (χ0) is 22.8. The van der Waals surface area contributed by atoms with Crippen molar-refractivity contribution in [2.24, 2.45) is 0 Å². The maximum Gasteiger partial charge on any atom is 0.262 e. The van der Waals surface area contributed by atoms with Gasteiger partial charge in [-0.3, -0.25) is 4.79 Å². The number of amides is 1. The van der Waals surface area contributed by atoms with Gasteiger partial charge in [0.15, 0.2) is 11.5 Å². The Kier molecular flexibility index (Phi) is 7.88. The van der Waals surface area contributed by atoms with Crippen molar-refractivity contribution < 1.29 is 19.0 Å². The van der Waals surface area contributed by atoms with Gasteiger partial charge in [0.1, 0.15) is 24.0 Å². The Hall–Kier alpha value is -4.24. The number of nitrogens with zero attached hydrogens (tertiary/aromatic N) is 1. The minimum Gasteiger partial charge on any atom is -0.497 e. The maximum absolute atomic E-state index is 12.5. The fourth-order valence-electron chi connectivity index (χ4n) is 2.96. The number of carbonyl (C=O) groups is 1. The zero-order valence-corrected chi connectivity index (χ0v) is 18.0. The van der Waals surface area contributed by atoms with Crippen LogP contribution in [0.25, 0.3) is 6.08 Å². The molecule has 0 aliphatic heterocycles. The Morgan fingerprint density at radius 1 is 0.938 bits per heavy atom. The lowest BCUT2D eigenvalue weighted by Crippen LogP contribution is -2.23. The number of carbonyl (C=O) groups excluding carboxylic acids is 1. The van der Waals surface area contributed by atoms with Gasteiger partial charge in [0, 0.05) is 6.54 Å². The average Bonchev–Trinajstić information content (AvgIpc) is 2.85. The molecule has 0 aliphatic carbocycles. The van der Waals surface area contributed by atoms with E-state index in [1.165, 1.54) is 6.08 Å². The molecule has 0 atom stereocenters. The van der Waals surface area contributed by atoms with Crippen LogP contribution in [0.3, 0.4) is 0 Å². The summed E-state index contributed by atoms with van der Waals surface area (Å²) in [7, 11) is 3.14. The molecule has 1 amide bonds. The molecule has 6 heteroatoms. The van der Waals surface area contributed by atoms with Crippen molar-refractivity contribution in [3.63, 3.8) is 0 Å². The number of nitrogens with one attached hydrogen (secondary N) is 1. The van der Waals surface area contributed by atoms with Gasteiger partial charge in [0.25, 0.3) is 5.91 Å². The van der Waals surface area contributed by atoms with Crippen molar-refractivity contribution in [3.05, 3.63) is 95.1 Å². The Morgan fingerprint density at radius 2 is 1.69 bits per heavy atom. The maximum atomic E-state index is 12.5. The molecule has 0 fully saturated rings. The molecular formula is C26H24N2O4. The number of hydrogen-bond acceptors (Lipinski definition) is 5. The molecule has 1 N–H and O–H groups in total. The van der Waals surface area contributed by atoms with Gasteiger partial charge in [0.05, 0.1) is 14.2 Å². The monoisotopic (exact) mass is 428 g/mol. The summed E-state index contributed by atoms with van der Waals surface area (Å²) in [6.45, 7) is 0.709. The van der Waals surface area contributed by atoms with Crippen molar-refractivity contribution in [1.82, 2.24) is 5.32 Å². The van der Waals surface area contributed by atoms with E-state index in [4.69, 9.17) is 14.2 Å². The summed E-state index contributed by atoms with van der Waals surface area (Å²) in [4.78, 5) is 12.5. The lowest BCUT2D eigenvalue weighted by molar-refractivity contribution is -0.117. The van der Waals surface area contributed by atoms with Crippen LogP contribution in [0.5, 0.6) is 17.2 Å². The number of hydrogen-bond donors (Lipinski definition) is 1. The van der Waals surface area contributed by atoms with Gasteiger partial charge in [0.2, 0.25) is 0 Å². The van der Waals surface area contributed by atoms with Crippen LogP contribution in [0.2, 0.25) is 0 Å². The molecule has 0 spiro atoms. The molecule has 3 rings (SSSR count). The smallest absolute Gasteiger partial charge is 0.262 e. The molecule has 0 aliphatic rings. The van der Waals surface area contributed by atoms with Crippen LogP contribution >= 0.6 is 0 Å². The van der Waals surface area contributed by atoms with E-state index in [2.05, 4.69) is 5.32 Å². The van der Waals surface area contributed by atoms with Gasteiger partial charge in [-0.05, 0) is 47.0 Å². The predicted octanol–water partition coefficient (Wildman–Crippen LogP) is 4.51. The predicted molar refractivity (Wildman–Crippen MR) is 122 cm³/mol. The second-order valence-corrected chi connectivity index (χ2v) is 6.89. The number of rotatable bonds is 9. The average molecular weight is 428 g/mol. The molecule has 0 unspecified atom stereocenters. The highest BCUT2D eigenvalue weighted by Gasteiger charge is 2.11. The van der Waals surface area contributed by atoms with E-state index in [0.29, 0.717) is 30.2 Å². The third kappa shape index (κ3) is 6.13. The van der Waals surface area contributed by atoms with Crippen LogP contribution in [-0.4, -0.2) is 20.1 Å². The van der Waals surface area contributed by atoms with Crippen LogP contribution in [0.1, 0.15) is 16.7 Å². The number of ether oxygens (including phenoxy) is 3. The van der Waals surface area contributed by atoms with Gasteiger partial charge in [-0.15, -0.1) is 0 Å². The quantitative estimate of drug-likeness (QED) is 0.401. The minimum absolute atomic E-state index is 0.00137. The molecule has 6 nitrogen and oxygen atoms in total. The van der Waals surface area contributed by atoms with E-state index >= 15 is 0 Å². The highest BCUT2D eigenvalue weighted by atomic mass is 16.5. The first-order valence-corrected chi connectivity index (χ1v) is 10.0. The second kappa shape index (κ2) is 11.2. The normalized spacial score (nSPS) is 10.7. The Morgan fingerprint density at radius 3 is 2.34 bits per heavy atom. The van der Waals surface area contributed by atoms with Crippen LogP contribution in [0.4, 0.5) is 0 Å². The first kappa shape index (κ1) is 22.4. The number of nitriles is 1. The summed E-state index contributed by atoms with van der Waals surface area (Å²) in [6, 6.07) is 24.4. The highest BCUT2D eigenvalue weighted by molar-refractivity contribution is 6.01. The van der Waals surface area contributed by atoms with E-state index in [1.807, 2.05) is 60.7 Å². The summed E-state index contributed by atoms with van der Waals surface area (Å²) in [6.07, 6.45) is 1.52. The molecule has 0 heterocycles. The largest absolute Gasteiger partial charge is 0.497 e. The molecule has 32 heavy (non-hydrogen) atoms. The first-order chi connectivity index (χ1) is 15.6. The molecule has 3 aromatic rings. The molecule has 0 radical (unpaired) electrons. The third-order valence-corrected chi connectivity index (χ3v) is 4.71. The summed E-state index contributed by atoms with van der Waals surface area (Å²) in [5.41, 5.74) is 2.60. The second-order valence-electron chi connectivity index (χ2n) is 6.89. The van der Waals surface area contributed by atoms with E-state index in [-0.39, 0.29) is 5.57 Å². The van der Waals surface area contributed by atoms with Crippen molar-refractivity contribution in [2.75, 3.05) is 14.2 Å². The van der Waals surface area contributed by atoms with Gasteiger partial charge in [-0.25, -0.2) is 0 Å². The lowest BCUT2D eigenvalue weighted by Gasteiger charge is -2.11. The molecule has 0 saturated carbocycles. The molecule has 0 aromatic heterocycles. The summed E-state index contributed by atoms with van der Waals surface area (Å²) in [5.74, 6) is 1.39. The standard InChI is InChI=1S/C26H24N2O4/c1-30-23-11-8-19(9-12-23)17-28-26(29)22(16-27)14-21-10-13-24(25(15-21)31-2)32-18-20-6-4-3-5-7-20/h3-15H,17-18H2,1-2H3,(H,28,29)/b22-14-. The van der Waals surface area contributed by atoms with Gasteiger partial charge in [-0.2, -0.15) is 5.26 Å². The molecule has 0 bridgehead atoms. The van der Waals surface area contributed by atoms with E-state index < -0.39 is 5.91 Å². The highest BCUT2D eigenvalue weighted by Crippen LogP contribution is 2.29. The fraction of sp³-hybridized carbons (Fsp3) is 0.154. The molecule has 0 saturated heterocycles. The molecule has 3 aromatic carbocycles. The first-order valence-electron chi connectivity index (χ1n) is 10.0. The zero-order valence-electron chi connectivity index (χ0n) is 18.0. The Bertz CT molecular complexity index is 1120. The van der Waals surface area contributed by atoms with Crippen molar-refractivity contribution in [1.29, 1.82) is 5.26 Å². The number of methoxy groups -OCH3 is 2. The van der Waals surface area contributed by atoms with Gasteiger partial charge in [-0.1, -0.05) is 48.5 Å². The van der Waals surface area contributed by atoms with Crippen molar-refractivity contribution in [2.45, 2.75) is 13.2 Å². The van der Waals surface area contributed by atoms with Crippen LogP contribution in [-0.2, 0) is 17.9 Å². The molecule has 162 valence electrons. The van der Waals surface area contributed by atoms with Crippen LogP contribution < -0.4 is 19.5 Å². The van der Waals surface area contributed by atoms with Crippen LogP contribution in [0, 0.1) is 11.3 Å². The minimum atomic E-state index is -0.452. The van der Waals surface area contributed by atoms with Crippen LogP contribution in [0.15, 0.2) is 78.4 Å². The lowest BCUT2D eigenvalue weighted by atomic mass is 10.1. The topological polar surface area (TPSA) is 80.6 Å². The summed E-state index contributed by atoms with van der Waals surface area (Å²) in [5, 5.41) is 12.2. The molecular weight excluding hydrogens is 404 g/mol. The van der Waals surface area contributed by atoms with Gasteiger partial charge < -0.3 is 19.5 Å². The Labute approximate surface area is 187 Å². The van der Waals surface area contributed by atoms with E-state index in [9.17, 15) is 10.1 Å². The summed E-state index contributed by atoms with van der Waals surface area (Å²) < 4.78 is 16.4. The van der Waals surface area contributed by atoms with Crippen molar-refractivity contribution >= 4 is 12.0 Å². The number of benzene rings is 3. The fourth-order valence-corrected chi connectivity index (χ4v) is 2.96. The SMILES string of the molecule is COc1ccc(CNC(=O)/C(C#N)=C\c2ccc(OCc3ccccc3)c(OC)c2)cc1. The third-order valence-electron chi connectivity index (χ3n) is 4.71.